The minimum atomic E-state index is 0. The van der Waals surface area contributed by atoms with Crippen molar-refractivity contribution >= 4 is 41.3 Å². The zero-order valence-corrected chi connectivity index (χ0v) is 21.3. The van der Waals surface area contributed by atoms with E-state index >= 15 is 0 Å². The quantitative estimate of drug-likeness (QED) is 0.221. The van der Waals surface area contributed by atoms with E-state index in [0.717, 1.165) is 76.2 Å². The molecular weight excluding hydrogens is 507 g/mol. The minimum absolute atomic E-state index is 0. The molecule has 0 aliphatic carbocycles. The lowest BCUT2D eigenvalue weighted by Gasteiger charge is -2.34. The fourth-order valence-electron chi connectivity index (χ4n) is 3.50. The van der Waals surface area contributed by atoms with E-state index in [0.29, 0.717) is 0 Å². The smallest absolute Gasteiger partial charge is 0.191 e. The second kappa shape index (κ2) is 14.0. The fourth-order valence-corrected chi connectivity index (χ4v) is 4.30. The highest BCUT2D eigenvalue weighted by Crippen LogP contribution is 2.12. The molecule has 0 radical (unpaired) electrons. The van der Waals surface area contributed by atoms with Crippen LogP contribution in [-0.4, -0.2) is 67.1 Å². The van der Waals surface area contributed by atoms with E-state index in [4.69, 9.17) is 0 Å². The van der Waals surface area contributed by atoms with Crippen LogP contribution in [-0.2, 0) is 19.5 Å². The number of hydrogen-bond donors (Lipinski definition) is 2. The second-order valence-electron chi connectivity index (χ2n) is 7.38. The number of nitrogens with one attached hydrogen (secondary N) is 2. The first-order chi connectivity index (χ1) is 14.3. The summed E-state index contributed by atoms with van der Waals surface area (Å²) < 4.78 is 0. The van der Waals surface area contributed by atoms with Crippen LogP contribution in [0.3, 0.4) is 0 Å². The number of rotatable bonds is 9. The van der Waals surface area contributed by atoms with Gasteiger partial charge in [0.15, 0.2) is 5.96 Å². The number of aryl methyl sites for hydroxylation is 1. The van der Waals surface area contributed by atoms with Crippen LogP contribution in [0.5, 0.6) is 0 Å². The van der Waals surface area contributed by atoms with E-state index in [9.17, 15) is 0 Å². The molecule has 0 amide bonds. The summed E-state index contributed by atoms with van der Waals surface area (Å²) in [4.78, 5) is 15.2. The molecule has 1 aliphatic heterocycles. The van der Waals surface area contributed by atoms with Crippen molar-refractivity contribution in [2.45, 2.75) is 32.9 Å². The zero-order valence-electron chi connectivity index (χ0n) is 18.1. The first kappa shape index (κ1) is 25.0. The molecule has 2 aromatic rings. The number of hydrogen-bond acceptors (Lipinski definition) is 5. The number of nitrogens with zero attached hydrogens (tertiary/aromatic N) is 4. The van der Waals surface area contributed by atoms with Gasteiger partial charge in [0.25, 0.3) is 0 Å². The minimum Gasteiger partial charge on any atom is -0.356 e. The Hall–Kier alpha value is -1.23. The van der Waals surface area contributed by atoms with Gasteiger partial charge in [0.05, 0.1) is 6.54 Å². The van der Waals surface area contributed by atoms with Crippen LogP contribution in [0.4, 0.5) is 0 Å². The third-order valence-electron chi connectivity index (χ3n) is 5.24. The Balaban J connectivity index is 0.00000320. The predicted molar refractivity (Wildman–Crippen MR) is 138 cm³/mol. The van der Waals surface area contributed by atoms with E-state index < -0.39 is 0 Å². The van der Waals surface area contributed by atoms with Gasteiger partial charge in [0, 0.05) is 57.4 Å². The Kier molecular flexibility index (Phi) is 11.6. The van der Waals surface area contributed by atoms with Crippen LogP contribution in [0.2, 0.25) is 0 Å². The lowest BCUT2D eigenvalue weighted by Crippen LogP contribution is -2.46. The van der Waals surface area contributed by atoms with Crippen LogP contribution in [0.25, 0.3) is 0 Å². The molecule has 0 spiro atoms. The molecule has 1 saturated heterocycles. The van der Waals surface area contributed by atoms with E-state index in [1.807, 2.05) is 13.2 Å². The van der Waals surface area contributed by atoms with Crippen molar-refractivity contribution in [2.24, 2.45) is 4.99 Å². The van der Waals surface area contributed by atoms with E-state index in [2.05, 4.69) is 67.7 Å². The number of benzene rings is 1. The molecule has 0 unspecified atom stereocenters. The Morgan fingerprint density at radius 2 is 1.83 bits per heavy atom. The third-order valence-corrected chi connectivity index (χ3v) is 6.38. The van der Waals surface area contributed by atoms with Gasteiger partial charge in [-0.3, -0.25) is 9.89 Å². The van der Waals surface area contributed by atoms with Gasteiger partial charge in [0.1, 0.15) is 5.01 Å². The molecule has 6 nitrogen and oxygen atoms in total. The van der Waals surface area contributed by atoms with Crippen LogP contribution < -0.4 is 10.6 Å². The molecule has 1 aromatic carbocycles. The highest BCUT2D eigenvalue weighted by Gasteiger charge is 2.16. The van der Waals surface area contributed by atoms with Crippen molar-refractivity contribution in [3.8, 4) is 0 Å². The number of aromatic nitrogens is 1. The van der Waals surface area contributed by atoms with Crippen LogP contribution in [0, 0.1) is 0 Å². The second-order valence-corrected chi connectivity index (χ2v) is 8.58. The average molecular weight is 543 g/mol. The molecular formula is C22H35IN6S. The molecule has 0 bridgehead atoms. The highest BCUT2D eigenvalue weighted by molar-refractivity contribution is 14.0. The van der Waals surface area contributed by atoms with Crippen LogP contribution >= 0.6 is 35.3 Å². The molecule has 1 aliphatic rings. The normalized spacial score (nSPS) is 15.6. The van der Waals surface area contributed by atoms with Crippen molar-refractivity contribution in [2.75, 3.05) is 46.3 Å². The Labute approximate surface area is 202 Å². The molecule has 0 atom stereocenters. The molecule has 166 valence electrons. The van der Waals surface area contributed by atoms with Gasteiger partial charge in [-0.2, -0.15) is 0 Å². The van der Waals surface area contributed by atoms with Gasteiger partial charge in [-0.25, -0.2) is 4.98 Å². The summed E-state index contributed by atoms with van der Waals surface area (Å²) in [6.07, 6.45) is 4.14. The summed E-state index contributed by atoms with van der Waals surface area (Å²) >= 11 is 1.77. The Morgan fingerprint density at radius 3 is 2.50 bits per heavy atom. The lowest BCUT2D eigenvalue weighted by molar-refractivity contribution is 0.126. The van der Waals surface area contributed by atoms with Gasteiger partial charge in [-0.1, -0.05) is 37.3 Å². The summed E-state index contributed by atoms with van der Waals surface area (Å²) in [6, 6.07) is 10.8. The van der Waals surface area contributed by atoms with Gasteiger partial charge in [-0.15, -0.1) is 35.3 Å². The molecule has 1 fully saturated rings. The van der Waals surface area contributed by atoms with Gasteiger partial charge < -0.3 is 15.5 Å². The van der Waals surface area contributed by atoms with Gasteiger partial charge in [-0.05, 0) is 24.9 Å². The van der Waals surface area contributed by atoms with Crippen molar-refractivity contribution in [1.82, 2.24) is 25.4 Å². The maximum Gasteiger partial charge on any atom is 0.191 e. The number of piperazine rings is 1. The van der Waals surface area contributed by atoms with Crippen molar-refractivity contribution in [3.63, 3.8) is 0 Å². The summed E-state index contributed by atoms with van der Waals surface area (Å²) in [7, 11) is 1.82. The average Bonchev–Trinajstić information content (AvgIpc) is 3.23. The standard InChI is InChI=1S/C22H34N6S.HI/c1-3-20-16-25-21(29-20)17-26-22(23-2)24-10-7-11-27-12-14-28(15-13-27)18-19-8-5-4-6-9-19;/h4-6,8-9,16H,3,7,10-15,17-18H2,1-2H3,(H2,23,24,26);1H. The van der Waals surface area contributed by atoms with Gasteiger partial charge >= 0.3 is 0 Å². The summed E-state index contributed by atoms with van der Waals surface area (Å²) in [6.45, 7) is 10.6. The number of guanidine groups is 1. The summed E-state index contributed by atoms with van der Waals surface area (Å²) in [5.41, 5.74) is 1.41. The summed E-state index contributed by atoms with van der Waals surface area (Å²) in [5.74, 6) is 0.853. The SMILES string of the molecule is CCc1cnc(CNC(=NC)NCCCN2CCN(Cc3ccccc3)CC2)s1.I. The first-order valence-corrected chi connectivity index (χ1v) is 11.4. The van der Waals surface area contributed by atoms with Gasteiger partial charge in [0.2, 0.25) is 0 Å². The third kappa shape index (κ3) is 8.49. The molecule has 1 aromatic heterocycles. The maximum atomic E-state index is 4.45. The Morgan fingerprint density at radius 1 is 1.10 bits per heavy atom. The topological polar surface area (TPSA) is 55.8 Å². The summed E-state index contributed by atoms with van der Waals surface area (Å²) in [5, 5.41) is 7.89. The molecule has 8 heteroatoms. The van der Waals surface area contributed by atoms with Crippen molar-refractivity contribution < 1.29 is 0 Å². The van der Waals surface area contributed by atoms with Crippen molar-refractivity contribution in [3.05, 3.63) is 52.0 Å². The monoisotopic (exact) mass is 542 g/mol. The maximum absolute atomic E-state index is 4.45. The predicted octanol–water partition coefficient (Wildman–Crippen LogP) is 3.20. The van der Waals surface area contributed by atoms with Crippen molar-refractivity contribution in [1.29, 1.82) is 0 Å². The van der Waals surface area contributed by atoms with E-state index in [1.54, 1.807) is 11.3 Å². The molecule has 2 heterocycles. The molecule has 3 rings (SSSR count). The molecule has 0 saturated carbocycles. The fraction of sp³-hybridized carbons (Fsp3) is 0.545. The van der Waals surface area contributed by atoms with Crippen LogP contribution in [0.15, 0.2) is 41.5 Å². The molecule has 2 N–H and O–H groups in total. The number of thiazole rings is 1. The largest absolute Gasteiger partial charge is 0.356 e. The lowest BCUT2D eigenvalue weighted by atomic mass is 10.2. The molecule has 30 heavy (non-hydrogen) atoms. The first-order valence-electron chi connectivity index (χ1n) is 10.6. The number of aliphatic imine (C=N–C) groups is 1. The van der Waals surface area contributed by atoms with E-state index in [-0.39, 0.29) is 24.0 Å². The highest BCUT2D eigenvalue weighted by atomic mass is 127. The number of halogens is 1. The van der Waals surface area contributed by atoms with Crippen LogP contribution in [0.1, 0.15) is 28.8 Å². The zero-order chi connectivity index (χ0) is 20.3. The van der Waals surface area contributed by atoms with E-state index in [1.165, 1.54) is 10.4 Å². The Bertz CT molecular complexity index is 743.